The summed E-state index contributed by atoms with van der Waals surface area (Å²) in [5.41, 5.74) is 0.970. The molecular weight excluding hydrogens is 248 g/mol. The van der Waals surface area contributed by atoms with Crippen molar-refractivity contribution in [3.05, 3.63) is 11.4 Å². The summed E-state index contributed by atoms with van der Waals surface area (Å²) in [6.07, 6.45) is 2.14. The number of thiophene rings is 1. The summed E-state index contributed by atoms with van der Waals surface area (Å²) < 4.78 is 1.11. The summed E-state index contributed by atoms with van der Waals surface area (Å²) in [5.74, 6) is 1.59. The molecule has 2 N–H and O–H groups in total. The maximum Gasteiger partial charge on any atom is 0.225 e. The molecule has 3 heterocycles. The molecule has 6 heteroatoms. The number of fused-ring (bicyclic) bond motifs is 1. The Labute approximate surface area is 109 Å². The summed E-state index contributed by atoms with van der Waals surface area (Å²) in [6, 6.07) is 2.20. The second kappa shape index (κ2) is 4.70. The molecule has 0 aromatic carbocycles. The largest absolute Gasteiger partial charge is 0.394 e. The minimum absolute atomic E-state index is 0.186. The minimum Gasteiger partial charge on any atom is -0.394 e. The van der Waals surface area contributed by atoms with Crippen LogP contribution >= 0.6 is 11.3 Å². The summed E-state index contributed by atoms with van der Waals surface area (Å²) in [6.45, 7) is 1.14. The van der Waals surface area contributed by atoms with Crippen LogP contribution in [-0.4, -0.2) is 41.3 Å². The Morgan fingerprint density at radius 3 is 3.22 bits per heavy atom. The topological polar surface area (TPSA) is 61.3 Å². The lowest BCUT2D eigenvalue weighted by molar-refractivity contribution is 0.266. The standard InChI is InChI=1S/C12H16N4OS/c1-13-12-14-9-4-6-18-10(9)11(15-12)16-5-2-3-8(16)7-17/h4,6,8,17H,2-3,5,7H2,1H3,(H,13,14,15). The van der Waals surface area contributed by atoms with Gasteiger partial charge in [-0.1, -0.05) is 0 Å². The summed E-state index contributed by atoms with van der Waals surface area (Å²) in [7, 11) is 1.82. The van der Waals surface area contributed by atoms with Gasteiger partial charge in [0.1, 0.15) is 0 Å². The van der Waals surface area contributed by atoms with Crippen LogP contribution in [0.4, 0.5) is 11.8 Å². The molecule has 2 aromatic heterocycles. The van der Waals surface area contributed by atoms with E-state index in [2.05, 4.69) is 20.2 Å². The van der Waals surface area contributed by atoms with Crippen molar-refractivity contribution >= 4 is 33.3 Å². The lowest BCUT2D eigenvalue weighted by Gasteiger charge is -2.24. The molecule has 3 rings (SSSR count). The molecule has 1 saturated heterocycles. The SMILES string of the molecule is CNc1nc(N2CCCC2CO)c2sccc2n1. The first-order valence-electron chi connectivity index (χ1n) is 6.14. The molecule has 0 spiro atoms. The molecule has 1 fully saturated rings. The van der Waals surface area contributed by atoms with E-state index in [0.717, 1.165) is 35.4 Å². The highest BCUT2D eigenvalue weighted by Crippen LogP contribution is 2.33. The van der Waals surface area contributed by atoms with Crippen LogP contribution in [0.1, 0.15) is 12.8 Å². The van der Waals surface area contributed by atoms with E-state index in [1.807, 2.05) is 18.5 Å². The number of anilines is 2. The Hall–Kier alpha value is -1.40. The van der Waals surface area contributed by atoms with Crippen LogP contribution in [0.3, 0.4) is 0 Å². The third-order valence-corrected chi connectivity index (χ3v) is 4.27. The molecule has 0 amide bonds. The van der Waals surface area contributed by atoms with E-state index >= 15 is 0 Å². The van der Waals surface area contributed by atoms with Gasteiger partial charge in [0.05, 0.1) is 22.9 Å². The normalized spacial score (nSPS) is 19.7. The van der Waals surface area contributed by atoms with Crippen LogP contribution in [0, 0.1) is 0 Å². The first-order valence-corrected chi connectivity index (χ1v) is 7.02. The van der Waals surface area contributed by atoms with E-state index in [9.17, 15) is 5.11 Å². The highest BCUT2D eigenvalue weighted by atomic mass is 32.1. The van der Waals surface area contributed by atoms with E-state index in [4.69, 9.17) is 0 Å². The van der Waals surface area contributed by atoms with Crippen molar-refractivity contribution in [2.45, 2.75) is 18.9 Å². The van der Waals surface area contributed by atoms with Crippen LogP contribution < -0.4 is 10.2 Å². The molecule has 1 atom stereocenters. The van der Waals surface area contributed by atoms with E-state index in [1.54, 1.807) is 11.3 Å². The van der Waals surface area contributed by atoms with E-state index < -0.39 is 0 Å². The van der Waals surface area contributed by atoms with Gasteiger partial charge in [-0.05, 0) is 24.3 Å². The van der Waals surface area contributed by atoms with Gasteiger partial charge in [0.2, 0.25) is 5.95 Å². The number of hydrogen-bond donors (Lipinski definition) is 2. The van der Waals surface area contributed by atoms with Crippen molar-refractivity contribution < 1.29 is 5.11 Å². The Kier molecular flexibility index (Phi) is 3.05. The quantitative estimate of drug-likeness (QED) is 0.883. The fraction of sp³-hybridized carbons (Fsp3) is 0.500. The van der Waals surface area contributed by atoms with Gasteiger partial charge in [-0.25, -0.2) is 4.98 Å². The highest BCUT2D eigenvalue weighted by molar-refractivity contribution is 7.17. The number of aromatic nitrogens is 2. The van der Waals surface area contributed by atoms with Crippen molar-refractivity contribution in [2.75, 3.05) is 30.4 Å². The fourth-order valence-corrected chi connectivity index (χ4v) is 3.29. The van der Waals surface area contributed by atoms with E-state index in [0.29, 0.717) is 5.95 Å². The maximum atomic E-state index is 9.45. The van der Waals surface area contributed by atoms with Crippen molar-refractivity contribution in [1.82, 2.24) is 9.97 Å². The summed E-state index contributed by atoms with van der Waals surface area (Å²) in [4.78, 5) is 11.2. The molecule has 0 saturated carbocycles. The van der Waals surface area contributed by atoms with Crippen molar-refractivity contribution in [3.63, 3.8) is 0 Å². The first-order chi connectivity index (χ1) is 8.83. The third-order valence-electron chi connectivity index (χ3n) is 3.37. The second-order valence-electron chi connectivity index (χ2n) is 4.43. The van der Waals surface area contributed by atoms with Crippen LogP contribution in [0.5, 0.6) is 0 Å². The van der Waals surface area contributed by atoms with Crippen LogP contribution in [0.15, 0.2) is 11.4 Å². The van der Waals surface area contributed by atoms with Crippen LogP contribution in [0.25, 0.3) is 10.2 Å². The zero-order valence-corrected chi connectivity index (χ0v) is 11.1. The molecule has 0 bridgehead atoms. The molecular formula is C12H16N4OS. The number of nitrogens with zero attached hydrogens (tertiary/aromatic N) is 3. The Bertz CT molecular complexity index is 556. The van der Waals surface area contributed by atoms with Crippen LogP contribution in [-0.2, 0) is 0 Å². The molecule has 1 aliphatic heterocycles. The number of aliphatic hydroxyl groups is 1. The lowest BCUT2D eigenvalue weighted by atomic mass is 10.2. The lowest BCUT2D eigenvalue weighted by Crippen LogP contribution is -2.33. The molecule has 0 radical (unpaired) electrons. The summed E-state index contributed by atoms with van der Waals surface area (Å²) >= 11 is 1.66. The second-order valence-corrected chi connectivity index (χ2v) is 5.34. The Morgan fingerprint density at radius 2 is 2.44 bits per heavy atom. The maximum absolute atomic E-state index is 9.45. The minimum atomic E-state index is 0.186. The average molecular weight is 264 g/mol. The van der Waals surface area contributed by atoms with Crippen molar-refractivity contribution in [1.29, 1.82) is 0 Å². The van der Waals surface area contributed by atoms with E-state index in [-0.39, 0.29) is 12.6 Å². The number of hydrogen-bond acceptors (Lipinski definition) is 6. The molecule has 1 unspecified atom stereocenters. The van der Waals surface area contributed by atoms with E-state index in [1.165, 1.54) is 0 Å². The third kappa shape index (κ3) is 1.81. The summed E-state index contributed by atoms with van der Waals surface area (Å²) in [5, 5.41) is 14.5. The number of rotatable bonds is 3. The fourth-order valence-electron chi connectivity index (χ4n) is 2.46. The van der Waals surface area contributed by atoms with Gasteiger partial charge in [-0.2, -0.15) is 4.98 Å². The average Bonchev–Trinajstić information content (AvgIpc) is 3.05. The number of nitrogens with one attached hydrogen (secondary N) is 1. The van der Waals surface area contributed by atoms with Gasteiger partial charge < -0.3 is 15.3 Å². The monoisotopic (exact) mass is 264 g/mol. The zero-order chi connectivity index (χ0) is 12.5. The zero-order valence-electron chi connectivity index (χ0n) is 10.3. The van der Waals surface area contributed by atoms with Gasteiger partial charge in [0, 0.05) is 13.6 Å². The molecule has 96 valence electrons. The molecule has 5 nitrogen and oxygen atoms in total. The molecule has 18 heavy (non-hydrogen) atoms. The predicted octanol–water partition coefficient (Wildman–Crippen LogP) is 1.69. The molecule has 1 aliphatic rings. The van der Waals surface area contributed by atoms with Crippen LogP contribution in [0.2, 0.25) is 0 Å². The Morgan fingerprint density at radius 1 is 1.56 bits per heavy atom. The number of aliphatic hydroxyl groups excluding tert-OH is 1. The van der Waals surface area contributed by atoms with Gasteiger partial charge in [0.25, 0.3) is 0 Å². The molecule has 2 aromatic rings. The molecule has 0 aliphatic carbocycles. The first kappa shape index (κ1) is 11.7. The Balaban J connectivity index is 2.11. The smallest absolute Gasteiger partial charge is 0.225 e. The van der Waals surface area contributed by atoms with Gasteiger partial charge in [-0.3, -0.25) is 0 Å². The van der Waals surface area contributed by atoms with Crippen molar-refractivity contribution in [2.24, 2.45) is 0 Å². The predicted molar refractivity (Wildman–Crippen MR) is 74.4 cm³/mol. The van der Waals surface area contributed by atoms with Gasteiger partial charge >= 0.3 is 0 Å². The van der Waals surface area contributed by atoms with Gasteiger partial charge in [0.15, 0.2) is 5.82 Å². The van der Waals surface area contributed by atoms with Gasteiger partial charge in [-0.15, -0.1) is 11.3 Å². The highest BCUT2D eigenvalue weighted by Gasteiger charge is 2.27. The van der Waals surface area contributed by atoms with Crippen molar-refractivity contribution in [3.8, 4) is 0 Å².